The molecule has 0 unspecified atom stereocenters. The fraction of sp³-hybridized carbons (Fsp3) is 0.143. The molecule has 2 aromatic carbocycles. The lowest BCUT2D eigenvalue weighted by Crippen LogP contribution is -2.03. The highest BCUT2D eigenvalue weighted by Gasteiger charge is 2.26. The topological polar surface area (TPSA) is 46.9 Å². The molecule has 1 aromatic heterocycles. The Bertz CT molecular complexity index is 1130. The number of amides is 1. The van der Waals surface area contributed by atoms with Crippen LogP contribution in [0.15, 0.2) is 36.4 Å². The molecule has 0 saturated heterocycles. The highest BCUT2D eigenvalue weighted by Crippen LogP contribution is 2.37. The molecule has 1 aliphatic heterocycles. The Morgan fingerprint density at radius 1 is 1.07 bits per heavy atom. The van der Waals surface area contributed by atoms with Gasteiger partial charge in [0, 0.05) is 27.4 Å². The van der Waals surface area contributed by atoms with Crippen molar-refractivity contribution < 1.29 is 4.79 Å². The van der Waals surface area contributed by atoms with Crippen molar-refractivity contribution in [1.82, 2.24) is 9.78 Å². The van der Waals surface area contributed by atoms with Gasteiger partial charge in [0.05, 0.1) is 11.4 Å². The molecule has 6 heteroatoms. The van der Waals surface area contributed by atoms with Crippen molar-refractivity contribution >= 4 is 46.4 Å². The van der Waals surface area contributed by atoms with E-state index >= 15 is 0 Å². The molecular weight excluding hydrogens is 381 g/mol. The van der Waals surface area contributed by atoms with Gasteiger partial charge in [-0.3, -0.25) is 4.79 Å². The molecule has 2 heterocycles. The minimum absolute atomic E-state index is 0.179. The van der Waals surface area contributed by atoms with Crippen molar-refractivity contribution in [1.29, 1.82) is 0 Å². The fourth-order valence-corrected chi connectivity index (χ4v) is 3.72. The lowest BCUT2D eigenvalue weighted by molar-refractivity contribution is -0.110. The molecule has 0 radical (unpaired) electrons. The van der Waals surface area contributed by atoms with Crippen molar-refractivity contribution in [3.05, 3.63) is 74.5 Å². The van der Waals surface area contributed by atoms with Gasteiger partial charge in [-0.25, -0.2) is 4.68 Å². The average molecular weight is 398 g/mol. The van der Waals surface area contributed by atoms with Crippen LogP contribution in [0.2, 0.25) is 10.2 Å². The second kappa shape index (κ2) is 6.55. The molecule has 27 heavy (non-hydrogen) atoms. The van der Waals surface area contributed by atoms with Gasteiger partial charge < -0.3 is 5.32 Å². The zero-order valence-corrected chi connectivity index (χ0v) is 16.6. The maximum absolute atomic E-state index is 12.5. The van der Waals surface area contributed by atoms with E-state index in [1.165, 1.54) is 0 Å². The van der Waals surface area contributed by atoms with E-state index in [1.807, 2.05) is 32.9 Å². The van der Waals surface area contributed by atoms with Crippen molar-refractivity contribution in [2.45, 2.75) is 20.8 Å². The SMILES string of the molecule is Cc1ccc(C)c(-n2nc(C)c(/C=C3\C(=O)Nc4ccc(Cl)cc43)c2Cl)c1. The molecule has 0 spiro atoms. The average Bonchev–Trinajstić information content (AvgIpc) is 3.08. The van der Waals surface area contributed by atoms with Gasteiger partial charge in [0.1, 0.15) is 5.15 Å². The molecule has 0 fully saturated rings. The Morgan fingerprint density at radius 2 is 1.85 bits per heavy atom. The monoisotopic (exact) mass is 397 g/mol. The lowest BCUT2D eigenvalue weighted by atomic mass is 10.0. The first-order chi connectivity index (χ1) is 12.8. The van der Waals surface area contributed by atoms with Crippen LogP contribution in [-0.4, -0.2) is 15.7 Å². The summed E-state index contributed by atoms with van der Waals surface area (Å²) in [6, 6.07) is 11.5. The van der Waals surface area contributed by atoms with Gasteiger partial charge >= 0.3 is 0 Å². The van der Waals surface area contributed by atoms with Crippen LogP contribution >= 0.6 is 23.2 Å². The summed E-state index contributed by atoms with van der Waals surface area (Å²) in [5.74, 6) is -0.179. The summed E-state index contributed by atoms with van der Waals surface area (Å²) in [4.78, 5) is 12.5. The van der Waals surface area contributed by atoms with E-state index in [1.54, 1.807) is 29.0 Å². The molecule has 1 N–H and O–H groups in total. The third-order valence-corrected chi connectivity index (χ3v) is 5.29. The second-order valence-corrected chi connectivity index (χ2v) is 7.49. The predicted molar refractivity (Wildman–Crippen MR) is 111 cm³/mol. The molecule has 4 nitrogen and oxygen atoms in total. The van der Waals surface area contributed by atoms with Gasteiger partial charge in [0.2, 0.25) is 0 Å². The molecule has 0 saturated carbocycles. The first kappa shape index (κ1) is 17.8. The molecule has 4 rings (SSSR count). The van der Waals surface area contributed by atoms with E-state index in [0.29, 0.717) is 15.7 Å². The van der Waals surface area contributed by atoms with Crippen LogP contribution in [0.25, 0.3) is 17.3 Å². The third-order valence-electron chi connectivity index (χ3n) is 4.69. The molecule has 1 aliphatic rings. The van der Waals surface area contributed by atoms with E-state index in [4.69, 9.17) is 23.2 Å². The largest absolute Gasteiger partial charge is 0.321 e. The van der Waals surface area contributed by atoms with Crippen molar-refractivity contribution in [2.24, 2.45) is 0 Å². The molecule has 3 aromatic rings. The van der Waals surface area contributed by atoms with Crippen LogP contribution in [-0.2, 0) is 4.79 Å². The summed E-state index contributed by atoms with van der Waals surface area (Å²) in [7, 11) is 0. The number of carbonyl (C=O) groups is 1. The number of hydrogen-bond donors (Lipinski definition) is 1. The van der Waals surface area contributed by atoms with Crippen molar-refractivity contribution in [3.63, 3.8) is 0 Å². The predicted octanol–water partition coefficient (Wildman–Crippen LogP) is 5.60. The zero-order valence-electron chi connectivity index (χ0n) is 15.1. The number of rotatable bonds is 2. The summed E-state index contributed by atoms with van der Waals surface area (Å²) in [5.41, 5.74) is 6.62. The Labute approximate surface area is 167 Å². The van der Waals surface area contributed by atoms with Crippen LogP contribution in [0.5, 0.6) is 0 Å². The molecule has 0 atom stereocenters. The first-order valence-electron chi connectivity index (χ1n) is 8.51. The second-order valence-electron chi connectivity index (χ2n) is 6.69. The van der Waals surface area contributed by atoms with Gasteiger partial charge in [-0.2, -0.15) is 5.10 Å². The zero-order chi connectivity index (χ0) is 19.3. The number of aryl methyl sites for hydroxylation is 3. The summed E-state index contributed by atoms with van der Waals surface area (Å²) in [6.07, 6.45) is 1.78. The molecule has 0 bridgehead atoms. The number of halogens is 2. The minimum Gasteiger partial charge on any atom is -0.321 e. The maximum Gasteiger partial charge on any atom is 0.256 e. The van der Waals surface area contributed by atoms with E-state index in [-0.39, 0.29) is 5.91 Å². The fourth-order valence-electron chi connectivity index (χ4n) is 3.23. The van der Waals surface area contributed by atoms with Crippen molar-refractivity contribution in [2.75, 3.05) is 5.32 Å². The standard InChI is InChI=1S/C21H17Cl2N3O/c1-11-4-5-12(2)19(8-11)26-20(23)15(13(3)25-26)10-17-16-9-14(22)6-7-18(16)24-21(17)27/h4-10H,1-3H3,(H,24,27)/b17-10-. The first-order valence-corrected chi connectivity index (χ1v) is 9.26. The summed E-state index contributed by atoms with van der Waals surface area (Å²) in [6.45, 7) is 5.92. The number of fused-ring (bicyclic) bond motifs is 1. The number of aromatic nitrogens is 2. The third kappa shape index (κ3) is 3.05. The quantitative estimate of drug-likeness (QED) is 0.572. The van der Waals surface area contributed by atoms with Crippen LogP contribution in [0, 0.1) is 20.8 Å². The minimum atomic E-state index is -0.179. The van der Waals surface area contributed by atoms with Crippen LogP contribution < -0.4 is 5.32 Å². The van der Waals surface area contributed by atoms with Crippen LogP contribution in [0.1, 0.15) is 27.9 Å². The highest BCUT2D eigenvalue weighted by atomic mass is 35.5. The Hall–Kier alpha value is -2.56. The van der Waals surface area contributed by atoms with Crippen LogP contribution in [0.3, 0.4) is 0 Å². The molecular formula is C21H17Cl2N3O. The number of hydrogen-bond acceptors (Lipinski definition) is 2. The van der Waals surface area contributed by atoms with E-state index in [0.717, 1.165) is 39.3 Å². The molecule has 0 aliphatic carbocycles. The van der Waals surface area contributed by atoms with Gasteiger partial charge in [0.15, 0.2) is 0 Å². The van der Waals surface area contributed by atoms with Gasteiger partial charge in [-0.1, -0.05) is 35.3 Å². The number of benzene rings is 2. The molecule has 1 amide bonds. The number of nitrogens with zero attached hydrogens (tertiary/aromatic N) is 2. The Kier molecular flexibility index (Phi) is 4.33. The van der Waals surface area contributed by atoms with E-state index < -0.39 is 0 Å². The van der Waals surface area contributed by atoms with E-state index in [9.17, 15) is 4.79 Å². The van der Waals surface area contributed by atoms with E-state index in [2.05, 4.69) is 16.5 Å². The van der Waals surface area contributed by atoms with Gasteiger partial charge in [-0.05, 0) is 62.2 Å². The summed E-state index contributed by atoms with van der Waals surface area (Å²) in [5, 5.41) is 8.50. The number of nitrogens with one attached hydrogen (secondary N) is 1. The van der Waals surface area contributed by atoms with Gasteiger partial charge in [0.25, 0.3) is 5.91 Å². The maximum atomic E-state index is 12.5. The number of carbonyl (C=O) groups excluding carboxylic acids is 1. The Balaban J connectivity index is 1.87. The lowest BCUT2D eigenvalue weighted by Gasteiger charge is -2.08. The van der Waals surface area contributed by atoms with Crippen LogP contribution in [0.4, 0.5) is 5.69 Å². The van der Waals surface area contributed by atoms with Gasteiger partial charge in [-0.15, -0.1) is 0 Å². The normalized spacial score (nSPS) is 14.6. The highest BCUT2D eigenvalue weighted by molar-refractivity contribution is 6.38. The summed E-state index contributed by atoms with van der Waals surface area (Å²) >= 11 is 12.8. The number of anilines is 1. The van der Waals surface area contributed by atoms with Crippen molar-refractivity contribution in [3.8, 4) is 5.69 Å². The molecule has 136 valence electrons. The summed E-state index contributed by atoms with van der Waals surface area (Å²) < 4.78 is 1.72. The smallest absolute Gasteiger partial charge is 0.256 e. The Morgan fingerprint density at radius 3 is 2.63 bits per heavy atom.